The van der Waals surface area contributed by atoms with Gasteiger partial charge in [-0.3, -0.25) is 4.98 Å². The second-order valence-corrected chi connectivity index (χ2v) is 4.87. The number of hydrogen-bond acceptors (Lipinski definition) is 1. The Kier molecular flexibility index (Phi) is 2.02. The number of aromatic amines is 1. The Hall–Kier alpha value is -1.83. The average molecular weight is 224 g/mol. The third-order valence-electron chi connectivity index (χ3n) is 3.56. The smallest absolute Gasteiger partial charge is 0.0716 e. The first-order chi connectivity index (χ1) is 8.06. The topological polar surface area (TPSA) is 28.7 Å². The number of nitrogens with zero attached hydrogens (tertiary/aromatic N) is 1. The summed E-state index contributed by atoms with van der Waals surface area (Å²) in [6.07, 6.45) is 0. The summed E-state index contributed by atoms with van der Waals surface area (Å²) in [4.78, 5) is 8.04. The van der Waals surface area contributed by atoms with Gasteiger partial charge in [0.25, 0.3) is 0 Å². The molecule has 0 fully saturated rings. The van der Waals surface area contributed by atoms with Crippen molar-refractivity contribution >= 4 is 21.8 Å². The summed E-state index contributed by atoms with van der Waals surface area (Å²) < 4.78 is 0. The number of hydrogen-bond donors (Lipinski definition) is 1. The molecule has 86 valence electrons. The van der Waals surface area contributed by atoms with Gasteiger partial charge in [0.05, 0.1) is 5.52 Å². The van der Waals surface area contributed by atoms with Gasteiger partial charge in [0, 0.05) is 27.7 Å². The maximum absolute atomic E-state index is 4.61. The van der Waals surface area contributed by atoms with E-state index in [-0.39, 0.29) is 0 Å². The van der Waals surface area contributed by atoms with Crippen LogP contribution in [0.5, 0.6) is 0 Å². The Bertz CT molecular complexity index is 736. The zero-order chi connectivity index (χ0) is 12.2. The molecule has 17 heavy (non-hydrogen) atoms. The Morgan fingerprint density at radius 2 is 1.71 bits per heavy atom. The van der Waals surface area contributed by atoms with Crippen LogP contribution in [0.25, 0.3) is 21.8 Å². The molecule has 0 saturated heterocycles. The first-order valence-electron chi connectivity index (χ1n) is 5.93. The van der Waals surface area contributed by atoms with Crippen LogP contribution in [0.2, 0.25) is 0 Å². The fourth-order valence-corrected chi connectivity index (χ4v) is 2.52. The van der Waals surface area contributed by atoms with E-state index in [1.165, 1.54) is 33.1 Å². The van der Waals surface area contributed by atoms with Gasteiger partial charge in [-0.05, 0) is 57.0 Å². The number of benzene rings is 1. The van der Waals surface area contributed by atoms with Crippen LogP contribution in [0.3, 0.4) is 0 Å². The monoisotopic (exact) mass is 224 g/mol. The van der Waals surface area contributed by atoms with Gasteiger partial charge in [-0.2, -0.15) is 0 Å². The molecule has 2 aromatic heterocycles. The van der Waals surface area contributed by atoms with Crippen LogP contribution in [0, 0.1) is 27.7 Å². The molecule has 0 unspecified atom stereocenters. The molecule has 1 aromatic carbocycles. The Morgan fingerprint density at radius 3 is 2.47 bits per heavy atom. The minimum absolute atomic E-state index is 1.10. The van der Waals surface area contributed by atoms with Crippen molar-refractivity contribution in [1.29, 1.82) is 0 Å². The van der Waals surface area contributed by atoms with E-state index in [1.807, 2.05) is 0 Å². The molecule has 0 saturated carbocycles. The predicted molar refractivity (Wildman–Crippen MR) is 72.5 cm³/mol. The van der Waals surface area contributed by atoms with Crippen molar-refractivity contribution in [3.05, 3.63) is 40.7 Å². The standard InChI is InChI=1S/C15H16N2/c1-8-5-9(2)16-14-7-13-10(3)11(4)17-15(13)6-12(8)14/h5-7,16H,1-4H3. The van der Waals surface area contributed by atoms with Crippen LogP contribution in [-0.2, 0) is 0 Å². The van der Waals surface area contributed by atoms with E-state index in [0.717, 1.165) is 11.2 Å². The molecule has 0 amide bonds. The summed E-state index contributed by atoms with van der Waals surface area (Å²) in [6, 6.07) is 6.59. The van der Waals surface area contributed by atoms with Crippen molar-refractivity contribution in [2.24, 2.45) is 0 Å². The van der Waals surface area contributed by atoms with Gasteiger partial charge in [0.1, 0.15) is 0 Å². The summed E-state index contributed by atoms with van der Waals surface area (Å²) in [5.41, 5.74) is 7.22. The zero-order valence-electron chi connectivity index (χ0n) is 10.7. The number of H-pyrrole nitrogens is 1. The molecule has 0 aliphatic rings. The first-order valence-corrected chi connectivity index (χ1v) is 5.93. The molecule has 3 rings (SSSR count). The van der Waals surface area contributed by atoms with Crippen molar-refractivity contribution in [2.45, 2.75) is 27.7 Å². The number of fused-ring (bicyclic) bond motifs is 2. The molecule has 0 radical (unpaired) electrons. The van der Waals surface area contributed by atoms with E-state index in [1.54, 1.807) is 0 Å². The van der Waals surface area contributed by atoms with Gasteiger partial charge in [-0.25, -0.2) is 0 Å². The summed E-state index contributed by atoms with van der Waals surface area (Å²) in [5, 5.41) is 2.52. The number of pyridine rings is 1. The Morgan fingerprint density at radius 1 is 0.941 bits per heavy atom. The van der Waals surface area contributed by atoms with Gasteiger partial charge >= 0.3 is 0 Å². The van der Waals surface area contributed by atoms with Gasteiger partial charge in [-0.1, -0.05) is 0 Å². The minimum atomic E-state index is 1.10. The summed E-state index contributed by atoms with van der Waals surface area (Å²) in [6.45, 7) is 8.45. The van der Waals surface area contributed by atoms with Crippen molar-refractivity contribution in [3.63, 3.8) is 0 Å². The molecule has 3 aromatic rings. The third-order valence-corrected chi connectivity index (χ3v) is 3.56. The molecule has 0 atom stereocenters. The lowest BCUT2D eigenvalue weighted by atomic mass is 10.1. The molecular formula is C15H16N2. The van der Waals surface area contributed by atoms with E-state index in [9.17, 15) is 0 Å². The van der Waals surface area contributed by atoms with Crippen LogP contribution < -0.4 is 0 Å². The van der Waals surface area contributed by atoms with Gasteiger partial charge in [0.2, 0.25) is 0 Å². The summed E-state index contributed by atoms with van der Waals surface area (Å²) >= 11 is 0. The van der Waals surface area contributed by atoms with Crippen molar-refractivity contribution < 1.29 is 0 Å². The highest BCUT2D eigenvalue weighted by Crippen LogP contribution is 2.27. The van der Waals surface area contributed by atoms with Crippen LogP contribution >= 0.6 is 0 Å². The predicted octanol–water partition coefficient (Wildman–Crippen LogP) is 3.95. The molecule has 0 spiro atoms. The first kappa shape index (κ1) is 10.3. The number of aromatic nitrogens is 2. The quantitative estimate of drug-likeness (QED) is 0.615. The lowest BCUT2D eigenvalue weighted by molar-refractivity contribution is 1.24. The maximum Gasteiger partial charge on any atom is 0.0716 e. The van der Waals surface area contributed by atoms with Crippen molar-refractivity contribution in [1.82, 2.24) is 9.97 Å². The van der Waals surface area contributed by atoms with Gasteiger partial charge in [-0.15, -0.1) is 0 Å². The van der Waals surface area contributed by atoms with Gasteiger partial charge < -0.3 is 4.98 Å². The van der Waals surface area contributed by atoms with Crippen LogP contribution in [0.4, 0.5) is 0 Å². The molecule has 0 aliphatic heterocycles. The van der Waals surface area contributed by atoms with Crippen LogP contribution in [-0.4, -0.2) is 9.97 Å². The Balaban J connectivity index is 2.52. The molecule has 2 heterocycles. The second kappa shape index (κ2) is 3.33. The highest BCUT2D eigenvalue weighted by atomic mass is 14.7. The third kappa shape index (κ3) is 1.44. The normalized spacial score (nSPS) is 11.5. The molecule has 0 bridgehead atoms. The molecule has 1 N–H and O–H groups in total. The summed E-state index contributed by atoms with van der Waals surface area (Å²) in [5.74, 6) is 0. The Labute approximate surface area is 101 Å². The van der Waals surface area contributed by atoms with Crippen LogP contribution in [0.1, 0.15) is 22.5 Å². The van der Waals surface area contributed by atoms with Crippen molar-refractivity contribution in [3.8, 4) is 0 Å². The van der Waals surface area contributed by atoms with Gasteiger partial charge in [0.15, 0.2) is 0 Å². The van der Waals surface area contributed by atoms with E-state index >= 15 is 0 Å². The minimum Gasteiger partial charge on any atom is -0.359 e. The van der Waals surface area contributed by atoms with E-state index in [4.69, 9.17) is 0 Å². The lowest BCUT2D eigenvalue weighted by Gasteiger charge is -2.05. The highest BCUT2D eigenvalue weighted by molar-refractivity contribution is 5.98. The largest absolute Gasteiger partial charge is 0.359 e. The van der Waals surface area contributed by atoms with E-state index in [0.29, 0.717) is 0 Å². The molecule has 2 heteroatoms. The fourth-order valence-electron chi connectivity index (χ4n) is 2.52. The zero-order valence-corrected chi connectivity index (χ0v) is 10.7. The second-order valence-electron chi connectivity index (χ2n) is 4.87. The molecular weight excluding hydrogens is 208 g/mol. The van der Waals surface area contributed by atoms with E-state index < -0.39 is 0 Å². The average Bonchev–Trinajstić information content (AvgIpc) is 2.53. The van der Waals surface area contributed by atoms with Crippen molar-refractivity contribution in [2.75, 3.05) is 0 Å². The van der Waals surface area contributed by atoms with Crippen LogP contribution in [0.15, 0.2) is 18.2 Å². The molecule has 2 nitrogen and oxygen atoms in total. The van der Waals surface area contributed by atoms with E-state index in [2.05, 4.69) is 55.9 Å². The number of aryl methyl sites for hydroxylation is 4. The highest BCUT2D eigenvalue weighted by Gasteiger charge is 2.08. The fraction of sp³-hybridized carbons (Fsp3) is 0.267. The summed E-state index contributed by atoms with van der Waals surface area (Å²) in [7, 11) is 0. The maximum atomic E-state index is 4.61. The number of rotatable bonds is 0. The number of nitrogens with one attached hydrogen (secondary N) is 1. The molecule has 0 aliphatic carbocycles. The lowest BCUT2D eigenvalue weighted by Crippen LogP contribution is -1.87. The SMILES string of the molecule is Cc1cc(C)c2cc3nc(C)c(C)c3cc2[nH]1.